The number of aromatic nitrogens is 2. The van der Waals surface area contributed by atoms with E-state index in [4.69, 9.17) is 5.73 Å². The van der Waals surface area contributed by atoms with E-state index < -0.39 is 0 Å². The van der Waals surface area contributed by atoms with Crippen LogP contribution >= 0.6 is 0 Å². The molecule has 0 saturated heterocycles. The van der Waals surface area contributed by atoms with Gasteiger partial charge in [0, 0.05) is 17.3 Å². The molecule has 2 aromatic rings. The Morgan fingerprint density at radius 1 is 1.28 bits per heavy atom. The first-order chi connectivity index (χ1) is 8.69. The number of rotatable bonds is 4. The number of benzene rings is 1. The molecule has 0 radical (unpaired) electrons. The standard InChI is InChI=1S/C14H17N3O/c1-10-4-6-11(7-5-10)14-16-12(3-2-8-15)9-13(18)17-14/h4-7,9H,2-3,8,15H2,1H3,(H,16,17,18). The Balaban J connectivity index is 2.35. The Morgan fingerprint density at radius 2 is 2.00 bits per heavy atom. The molecule has 0 saturated carbocycles. The van der Waals surface area contributed by atoms with E-state index in [2.05, 4.69) is 9.97 Å². The Labute approximate surface area is 106 Å². The lowest BCUT2D eigenvalue weighted by Gasteiger charge is -2.04. The second kappa shape index (κ2) is 5.60. The highest BCUT2D eigenvalue weighted by atomic mass is 16.1. The van der Waals surface area contributed by atoms with Gasteiger partial charge >= 0.3 is 0 Å². The zero-order valence-electron chi connectivity index (χ0n) is 10.4. The summed E-state index contributed by atoms with van der Waals surface area (Å²) in [6, 6.07) is 9.46. The first kappa shape index (κ1) is 12.5. The highest BCUT2D eigenvalue weighted by molar-refractivity contribution is 5.55. The van der Waals surface area contributed by atoms with Crippen molar-refractivity contribution in [2.75, 3.05) is 6.54 Å². The SMILES string of the molecule is Cc1ccc(-c2nc(CCCN)cc(=O)[nH]2)cc1. The van der Waals surface area contributed by atoms with Crippen LogP contribution in [0.1, 0.15) is 17.7 Å². The maximum absolute atomic E-state index is 11.6. The Hall–Kier alpha value is -1.94. The van der Waals surface area contributed by atoms with Crippen LogP contribution in [0.5, 0.6) is 0 Å². The molecule has 3 N–H and O–H groups in total. The van der Waals surface area contributed by atoms with Gasteiger partial charge in [-0.05, 0) is 26.3 Å². The molecule has 0 aliphatic carbocycles. The Bertz CT molecular complexity index is 572. The van der Waals surface area contributed by atoms with Crippen LogP contribution in [-0.4, -0.2) is 16.5 Å². The molecule has 0 aliphatic heterocycles. The summed E-state index contributed by atoms with van der Waals surface area (Å²) in [6.45, 7) is 2.63. The average Bonchev–Trinajstić information content (AvgIpc) is 2.36. The van der Waals surface area contributed by atoms with Crippen LogP contribution in [0, 0.1) is 6.92 Å². The predicted molar refractivity (Wildman–Crippen MR) is 72.4 cm³/mol. The summed E-state index contributed by atoms with van der Waals surface area (Å²) in [5.41, 5.74) is 8.24. The van der Waals surface area contributed by atoms with Gasteiger partial charge in [-0.2, -0.15) is 0 Å². The fourth-order valence-electron chi connectivity index (χ4n) is 1.77. The third-order valence-electron chi connectivity index (χ3n) is 2.76. The van der Waals surface area contributed by atoms with Crippen LogP contribution in [0.25, 0.3) is 11.4 Å². The fraction of sp³-hybridized carbons (Fsp3) is 0.286. The highest BCUT2D eigenvalue weighted by Crippen LogP contribution is 2.14. The molecule has 4 heteroatoms. The van der Waals surface area contributed by atoms with Gasteiger partial charge in [-0.25, -0.2) is 4.98 Å². The molecule has 0 aliphatic rings. The van der Waals surface area contributed by atoms with Crippen molar-refractivity contribution in [2.24, 2.45) is 5.73 Å². The molecule has 4 nitrogen and oxygen atoms in total. The van der Waals surface area contributed by atoms with Gasteiger partial charge in [0.2, 0.25) is 0 Å². The van der Waals surface area contributed by atoms with Crippen LogP contribution < -0.4 is 11.3 Å². The highest BCUT2D eigenvalue weighted by Gasteiger charge is 2.03. The van der Waals surface area contributed by atoms with Crippen molar-refractivity contribution in [2.45, 2.75) is 19.8 Å². The van der Waals surface area contributed by atoms with Crippen LogP contribution in [0.15, 0.2) is 35.1 Å². The topological polar surface area (TPSA) is 71.8 Å². The van der Waals surface area contributed by atoms with Crippen LogP contribution in [-0.2, 0) is 6.42 Å². The minimum absolute atomic E-state index is 0.118. The maximum atomic E-state index is 11.6. The van der Waals surface area contributed by atoms with E-state index in [1.165, 1.54) is 11.6 Å². The third kappa shape index (κ3) is 3.05. The third-order valence-corrected chi connectivity index (χ3v) is 2.76. The summed E-state index contributed by atoms with van der Waals surface area (Å²) in [5, 5.41) is 0. The summed E-state index contributed by atoms with van der Waals surface area (Å²) >= 11 is 0. The van der Waals surface area contributed by atoms with Gasteiger partial charge in [0.05, 0.1) is 0 Å². The number of aryl methyl sites for hydroxylation is 2. The minimum Gasteiger partial charge on any atom is -0.330 e. The quantitative estimate of drug-likeness (QED) is 0.857. The number of nitrogens with two attached hydrogens (primary N) is 1. The van der Waals surface area contributed by atoms with Crippen molar-refractivity contribution in [1.82, 2.24) is 9.97 Å². The van der Waals surface area contributed by atoms with Crippen molar-refractivity contribution >= 4 is 0 Å². The smallest absolute Gasteiger partial charge is 0.251 e. The summed E-state index contributed by atoms with van der Waals surface area (Å²) in [7, 11) is 0. The molecule has 0 unspecified atom stereocenters. The molecular formula is C14H17N3O. The second-order valence-electron chi connectivity index (χ2n) is 4.34. The monoisotopic (exact) mass is 243 g/mol. The lowest BCUT2D eigenvalue weighted by atomic mass is 10.1. The van der Waals surface area contributed by atoms with Crippen LogP contribution in [0.4, 0.5) is 0 Å². The van der Waals surface area contributed by atoms with Gasteiger partial charge in [0.1, 0.15) is 5.82 Å². The van der Waals surface area contributed by atoms with Crippen molar-refractivity contribution < 1.29 is 0 Å². The number of nitrogens with zero attached hydrogens (tertiary/aromatic N) is 1. The van der Waals surface area contributed by atoms with Gasteiger partial charge in [-0.15, -0.1) is 0 Å². The molecular weight excluding hydrogens is 226 g/mol. The van der Waals surface area contributed by atoms with E-state index in [0.717, 1.165) is 24.1 Å². The molecule has 2 rings (SSSR count). The van der Waals surface area contributed by atoms with Crippen molar-refractivity contribution in [1.29, 1.82) is 0 Å². The van der Waals surface area contributed by atoms with E-state index in [1.54, 1.807) is 0 Å². The van der Waals surface area contributed by atoms with Crippen molar-refractivity contribution in [3.63, 3.8) is 0 Å². The molecule has 1 aromatic carbocycles. The molecule has 0 atom stereocenters. The van der Waals surface area contributed by atoms with Crippen LogP contribution in [0.3, 0.4) is 0 Å². The largest absolute Gasteiger partial charge is 0.330 e. The molecule has 94 valence electrons. The number of hydrogen-bond acceptors (Lipinski definition) is 3. The molecule has 18 heavy (non-hydrogen) atoms. The van der Waals surface area contributed by atoms with Gasteiger partial charge in [-0.3, -0.25) is 4.79 Å². The molecule has 0 spiro atoms. The number of nitrogens with one attached hydrogen (secondary N) is 1. The summed E-state index contributed by atoms with van der Waals surface area (Å²) in [4.78, 5) is 18.8. The molecule has 0 bridgehead atoms. The van der Waals surface area contributed by atoms with Gasteiger partial charge in [0.15, 0.2) is 0 Å². The number of H-pyrrole nitrogens is 1. The summed E-state index contributed by atoms with van der Waals surface area (Å²) in [5.74, 6) is 0.620. The van der Waals surface area contributed by atoms with E-state index in [1.807, 2.05) is 31.2 Å². The van der Waals surface area contributed by atoms with Gasteiger partial charge < -0.3 is 10.7 Å². The normalized spacial score (nSPS) is 10.6. The number of hydrogen-bond donors (Lipinski definition) is 2. The van der Waals surface area contributed by atoms with E-state index in [0.29, 0.717) is 12.4 Å². The lowest BCUT2D eigenvalue weighted by Crippen LogP contribution is -2.11. The summed E-state index contributed by atoms with van der Waals surface area (Å²) < 4.78 is 0. The van der Waals surface area contributed by atoms with E-state index >= 15 is 0 Å². The van der Waals surface area contributed by atoms with Gasteiger partial charge in [-0.1, -0.05) is 29.8 Å². The summed E-state index contributed by atoms with van der Waals surface area (Å²) in [6.07, 6.45) is 1.57. The van der Waals surface area contributed by atoms with Gasteiger partial charge in [0.25, 0.3) is 5.56 Å². The fourth-order valence-corrected chi connectivity index (χ4v) is 1.77. The molecule has 0 amide bonds. The second-order valence-corrected chi connectivity index (χ2v) is 4.34. The lowest BCUT2D eigenvalue weighted by molar-refractivity contribution is 0.804. The molecule has 1 heterocycles. The van der Waals surface area contributed by atoms with Crippen molar-refractivity contribution in [3.05, 3.63) is 51.9 Å². The van der Waals surface area contributed by atoms with Crippen molar-refractivity contribution in [3.8, 4) is 11.4 Å². The Morgan fingerprint density at radius 3 is 2.67 bits per heavy atom. The minimum atomic E-state index is -0.118. The molecule has 0 fully saturated rings. The van der Waals surface area contributed by atoms with E-state index in [9.17, 15) is 4.79 Å². The number of aromatic amines is 1. The first-order valence-electron chi connectivity index (χ1n) is 6.06. The molecule has 1 aromatic heterocycles. The zero-order valence-corrected chi connectivity index (χ0v) is 10.4. The van der Waals surface area contributed by atoms with E-state index in [-0.39, 0.29) is 5.56 Å². The Kier molecular flexibility index (Phi) is 3.89. The maximum Gasteiger partial charge on any atom is 0.251 e. The van der Waals surface area contributed by atoms with Crippen LogP contribution in [0.2, 0.25) is 0 Å². The average molecular weight is 243 g/mol. The predicted octanol–water partition coefficient (Wildman–Crippen LogP) is 1.64. The zero-order chi connectivity index (χ0) is 13.0. The first-order valence-corrected chi connectivity index (χ1v) is 6.06.